The molecule has 5 N–H and O–H groups in total. The van der Waals surface area contributed by atoms with Gasteiger partial charge in [-0.25, -0.2) is 0 Å². The van der Waals surface area contributed by atoms with Crippen molar-refractivity contribution in [1.82, 2.24) is 14.9 Å². The maximum atomic E-state index is 12.9. The second-order valence-electron chi connectivity index (χ2n) is 6.88. The van der Waals surface area contributed by atoms with E-state index in [1.54, 1.807) is 6.07 Å². The van der Waals surface area contributed by atoms with Crippen LogP contribution in [-0.4, -0.2) is 49.2 Å². The molecule has 0 aromatic carbocycles. The Bertz CT molecular complexity index is 1050. The molecule has 11 heteroatoms. The fourth-order valence-corrected chi connectivity index (χ4v) is 2.91. The van der Waals surface area contributed by atoms with Gasteiger partial charge in [-0.05, 0) is 24.5 Å². The number of carboxylic acid groups (broad SMARTS) is 1. The Labute approximate surface area is 170 Å². The lowest BCUT2D eigenvalue weighted by atomic mass is 10.1. The zero-order chi connectivity index (χ0) is 21.8. The van der Waals surface area contributed by atoms with E-state index in [1.165, 1.54) is 18.5 Å². The van der Waals surface area contributed by atoms with Crippen molar-refractivity contribution in [2.45, 2.75) is 25.8 Å². The normalized spacial score (nSPS) is 12.9. The number of pyridine rings is 2. The van der Waals surface area contributed by atoms with Crippen molar-refractivity contribution in [2.24, 2.45) is 5.92 Å². The number of aromatic hydroxyl groups is 2. The third-order valence-electron chi connectivity index (χ3n) is 4.64. The third-order valence-corrected chi connectivity index (χ3v) is 4.64. The molecule has 1 aliphatic rings. The summed E-state index contributed by atoms with van der Waals surface area (Å²) in [6.45, 7) is -0.752. The smallest absolute Gasteiger partial charge is 0.322 e. The fourth-order valence-electron chi connectivity index (χ4n) is 2.91. The van der Waals surface area contributed by atoms with Crippen molar-refractivity contribution in [3.05, 3.63) is 46.0 Å². The van der Waals surface area contributed by atoms with Crippen molar-refractivity contribution in [3.8, 4) is 11.6 Å². The second kappa shape index (κ2) is 8.64. The first kappa shape index (κ1) is 20.8. The van der Waals surface area contributed by atoms with Crippen molar-refractivity contribution in [1.29, 1.82) is 0 Å². The summed E-state index contributed by atoms with van der Waals surface area (Å²) in [7, 11) is 0. The number of carbonyl (C=O) groups is 3. The summed E-state index contributed by atoms with van der Waals surface area (Å²) in [5.74, 6) is -4.98. The molecule has 0 bridgehead atoms. The summed E-state index contributed by atoms with van der Waals surface area (Å²) in [6.07, 6.45) is 5.30. The maximum absolute atomic E-state index is 12.9. The predicted octanol–water partition coefficient (Wildman–Crippen LogP) is 0.521. The molecule has 30 heavy (non-hydrogen) atoms. The molecule has 0 saturated heterocycles. The molecule has 0 aliphatic heterocycles. The Kier molecular flexibility index (Phi) is 6.00. The van der Waals surface area contributed by atoms with E-state index in [9.17, 15) is 29.4 Å². The lowest BCUT2D eigenvalue weighted by molar-refractivity contribution is -0.135. The number of anilines is 1. The highest BCUT2D eigenvalue weighted by Gasteiger charge is 2.31. The molecule has 2 aromatic rings. The van der Waals surface area contributed by atoms with Crippen molar-refractivity contribution in [2.75, 3.05) is 11.9 Å². The average molecular weight is 416 g/mol. The van der Waals surface area contributed by atoms with Gasteiger partial charge in [0, 0.05) is 12.7 Å². The van der Waals surface area contributed by atoms with E-state index < -0.39 is 52.6 Å². The molecule has 1 saturated carbocycles. The Morgan fingerprint density at radius 3 is 2.50 bits per heavy atom. The number of aromatic nitrogens is 2. The number of amides is 2. The summed E-state index contributed by atoms with van der Waals surface area (Å²) in [4.78, 5) is 52.5. The van der Waals surface area contributed by atoms with Crippen LogP contribution in [0.15, 0.2) is 29.3 Å². The lowest BCUT2D eigenvalue weighted by Gasteiger charge is -2.16. The van der Waals surface area contributed by atoms with E-state index in [0.29, 0.717) is 12.3 Å². The molecular formula is C19H20N4O7. The number of carboxylic acids is 1. The van der Waals surface area contributed by atoms with Gasteiger partial charge in [0.05, 0.1) is 11.9 Å². The van der Waals surface area contributed by atoms with Gasteiger partial charge in [-0.3, -0.25) is 28.7 Å². The monoisotopic (exact) mass is 416 g/mol. The van der Waals surface area contributed by atoms with Gasteiger partial charge >= 0.3 is 5.97 Å². The van der Waals surface area contributed by atoms with Crippen LogP contribution in [0.25, 0.3) is 0 Å². The number of nitrogens with zero attached hydrogens (tertiary/aromatic N) is 2. The maximum Gasteiger partial charge on any atom is 0.322 e. The van der Waals surface area contributed by atoms with Gasteiger partial charge in [-0.2, -0.15) is 0 Å². The Hall–Kier alpha value is -3.89. The molecule has 2 heterocycles. The van der Waals surface area contributed by atoms with E-state index in [0.717, 1.165) is 17.4 Å². The molecule has 0 radical (unpaired) electrons. The first-order valence-corrected chi connectivity index (χ1v) is 9.19. The molecule has 11 nitrogen and oxygen atoms in total. The van der Waals surface area contributed by atoms with Gasteiger partial charge in [0.25, 0.3) is 17.4 Å². The van der Waals surface area contributed by atoms with Gasteiger partial charge in [-0.1, -0.05) is 12.8 Å². The number of carbonyl (C=O) groups excluding carboxylic acids is 2. The zero-order valence-corrected chi connectivity index (χ0v) is 15.8. The Morgan fingerprint density at radius 2 is 1.90 bits per heavy atom. The number of hydrogen-bond donors (Lipinski definition) is 5. The summed E-state index contributed by atoms with van der Waals surface area (Å²) in [6, 6.07) is 3.06. The van der Waals surface area contributed by atoms with Crippen LogP contribution in [0.2, 0.25) is 0 Å². The first-order valence-electron chi connectivity index (χ1n) is 9.19. The number of rotatable bonds is 8. The van der Waals surface area contributed by atoms with Gasteiger partial charge in [0.15, 0.2) is 5.75 Å². The van der Waals surface area contributed by atoms with Crippen LogP contribution in [0, 0.1) is 5.92 Å². The van der Waals surface area contributed by atoms with Gasteiger partial charge in [0.2, 0.25) is 5.88 Å². The van der Waals surface area contributed by atoms with Crippen LogP contribution in [-0.2, 0) is 11.3 Å². The lowest BCUT2D eigenvalue weighted by Crippen LogP contribution is -2.34. The zero-order valence-electron chi connectivity index (χ0n) is 15.8. The summed E-state index contributed by atoms with van der Waals surface area (Å²) in [5.41, 5.74) is -2.21. The standard InChI is InChI=1S/C19H20N4O7/c24-12(25)9-21-16(27)13-15(26)14(17(28)22-11-2-1-6-20-8-11)19(30)23(18(13)29)7-5-10-3-4-10/h1-2,6,8,10,26,29H,3-5,7,9H2,(H,21,27)(H,22,28)(H,24,25). The van der Waals surface area contributed by atoms with E-state index in [2.05, 4.69) is 10.3 Å². The molecule has 1 aliphatic carbocycles. The minimum absolute atomic E-state index is 0.0298. The summed E-state index contributed by atoms with van der Waals surface area (Å²) in [5, 5.41) is 34.1. The van der Waals surface area contributed by atoms with E-state index in [1.807, 2.05) is 5.32 Å². The van der Waals surface area contributed by atoms with Gasteiger partial charge in [0.1, 0.15) is 17.7 Å². The molecule has 1 fully saturated rings. The van der Waals surface area contributed by atoms with Crippen LogP contribution in [0.5, 0.6) is 11.6 Å². The third kappa shape index (κ3) is 4.57. The van der Waals surface area contributed by atoms with Crippen LogP contribution < -0.4 is 16.2 Å². The number of aliphatic carboxylic acids is 1. The summed E-state index contributed by atoms with van der Waals surface area (Å²) < 4.78 is 0.839. The van der Waals surface area contributed by atoms with Crippen molar-refractivity contribution in [3.63, 3.8) is 0 Å². The number of hydrogen-bond acceptors (Lipinski definition) is 7. The fraction of sp³-hybridized carbons (Fsp3) is 0.316. The molecule has 2 amide bonds. The van der Waals surface area contributed by atoms with Crippen LogP contribution in [0.4, 0.5) is 5.69 Å². The van der Waals surface area contributed by atoms with E-state index >= 15 is 0 Å². The van der Waals surface area contributed by atoms with Crippen LogP contribution in [0.3, 0.4) is 0 Å². The average Bonchev–Trinajstić information content (AvgIpc) is 3.51. The highest BCUT2D eigenvalue weighted by atomic mass is 16.4. The second-order valence-corrected chi connectivity index (χ2v) is 6.88. The minimum Gasteiger partial charge on any atom is -0.506 e. The molecule has 158 valence electrons. The van der Waals surface area contributed by atoms with Crippen molar-refractivity contribution < 1.29 is 29.7 Å². The highest BCUT2D eigenvalue weighted by Crippen LogP contribution is 2.34. The SMILES string of the molecule is O=C(O)CNC(=O)c1c(O)c(C(=O)Nc2cccnc2)c(=O)n(CCC2CC2)c1O. The molecule has 0 atom stereocenters. The molecule has 0 spiro atoms. The van der Waals surface area contributed by atoms with Gasteiger partial charge in [-0.15, -0.1) is 0 Å². The summed E-state index contributed by atoms with van der Waals surface area (Å²) >= 11 is 0. The Morgan fingerprint density at radius 1 is 1.17 bits per heavy atom. The first-order chi connectivity index (χ1) is 14.3. The van der Waals surface area contributed by atoms with E-state index in [-0.39, 0.29) is 12.2 Å². The quantitative estimate of drug-likeness (QED) is 0.414. The molecule has 0 unspecified atom stereocenters. The minimum atomic E-state index is -1.35. The molecule has 2 aromatic heterocycles. The van der Waals surface area contributed by atoms with Crippen molar-refractivity contribution >= 4 is 23.5 Å². The van der Waals surface area contributed by atoms with Crippen LogP contribution in [0.1, 0.15) is 40.0 Å². The van der Waals surface area contributed by atoms with Crippen LogP contribution >= 0.6 is 0 Å². The largest absolute Gasteiger partial charge is 0.506 e. The Balaban J connectivity index is 2.04. The topological polar surface area (TPSA) is 171 Å². The predicted molar refractivity (Wildman–Crippen MR) is 104 cm³/mol. The number of nitrogens with one attached hydrogen (secondary N) is 2. The van der Waals surface area contributed by atoms with Gasteiger partial charge < -0.3 is 26.0 Å². The molecule has 3 rings (SSSR count). The van der Waals surface area contributed by atoms with E-state index in [4.69, 9.17) is 5.11 Å². The highest BCUT2D eigenvalue weighted by molar-refractivity contribution is 6.09. The molecular weight excluding hydrogens is 396 g/mol.